The first kappa shape index (κ1) is 15.0. The van der Waals surface area contributed by atoms with Crippen molar-refractivity contribution in [3.05, 3.63) is 0 Å². The lowest BCUT2D eigenvalue weighted by Gasteiger charge is -2.34. The molecule has 1 aliphatic rings. The Morgan fingerprint density at radius 1 is 1.50 bits per heavy atom. The Morgan fingerprint density at radius 3 is 2.61 bits per heavy atom. The Bertz CT molecular complexity index is 464. The lowest BCUT2D eigenvalue weighted by Crippen LogP contribution is -2.56. The minimum atomic E-state index is -3.89. The lowest BCUT2D eigenvalue weighted by molar-refractivity contribution is -0.142. The molecule has 6 nitrogen and oxygen atoms in total. The van der Waals surface area contributed by atoms with Crippen molar-refractivity contribution in [3.63, 3.8) is 0 Å². The van der Waals surface area contributed by atoms with Crippen molar-refractivity contribution in [2.24, 2.45) is 0 Å². The number of nitrogens with one attached hydrogen (secondary N) is 1. The Morgan fingerprint density at radius 2 is 2.11 bits per heavy atom. The van der Waals surface area contributed by atoms with E-state index in [1.54, 1.807) is 13.8 Å². The zero-order valence-corrected chi connectivity index (χ0v) is 11.3. The second-order valence-corrected chi connectivity index (χ2v) is 6.46. The largest absolute Gasteiger partial charge is 0.480 e. The average Bonchev–Trinajstić information content (AvgIpc) is 2.28. The Labute approximate surface area is 108 Å². The molecule has 7 heteroatoms. The Hall–Kier alpha value is -1.10. The van der Waals surface area contributed by atoms with Crippen LogP contribution in [0.15, 0.2) is 0 Å². The van der Waals surface area contributed by atoms with Gasteiger partial charge in [0.25, 0.3) is 10.2 Å². The van der Waals surface area contributed by atoms with Gasteiger partial charge in [0.1, 0.15) is 6.04 Å². The van der Waals surface area contributed by atoms with Gasteiger partial charge in [0, 0.05) is 6.54 Å². The van der Waals surface area contributed by atoms with E-state index in [1.165, 1.54) is 0 Å². The minimum Gasteiger partial charge on any atom is -0.480 e. The number of aliphatic carboxylic acids is 1. The fraction of sp³-hybridized carbons (Fsp3) is 0.727. The normalized spacial score (nSPS) is 22.4. The second kappa shape index (κ2) is 5.26. The third-order valence-electron chi connectivity index (χ3n) is 2.79. The van der Waals surface area contributed by atoms with Crippen LogP contribution in [-0.4, -0.2) is 41.9 Å². The molecule has 1 rings (SSSR count). The molecule has 1 unspecified atom stereocenters. The predicted octanol–water partition coefficient (Wildman–Crippen LogP) is 0.172. The van der Waals surface area contributed by atoms with Crippen molar-refractivity contribution < 1.29 is 18.3 Å². The number of carbonyl (C=O) groups is 1. The topological polar surface area (TPSA) is 86.7 Å². The summed E-state index contributed by atoms with van der Waals surface area (Å²) in [6, 6.07) is -1.01. The summed E-state index contributed by atoms with van der Waals surface area (Å²) in [4.78, 5) is 11.1. The van der Waals surface area contributed by atoms with Crippen LogP contribution in [-0.2, 0) is 15.0 Å². The van der Waals surface area contributed by atoms with Crippen LogP contribution < -0.4 is 4.72 Å². The molecule has 0 aromatic rings. The van der Waals surface area contributed by atoms with E-state index in [1.807, 2.05) is 0 Å². The molecule has 102 valence electrons. The van der Waals surface area contributed by atoms with E-state index in [-0.39, 0.29) is 6.54 Å². The summed E-state index contributed by atoms with van der Waals surface area (Å²) in [5.74, 6) is 1.19. The van der Waals surface area contributed by atoms with Crippen LogP contribution in [0.25, 0.3) is 0 Å². The highest BCUT2D eigenvalue weighted by Gasteiger charge is 2.38. The van der Waals surface area contributed by atoms with Crippen molar-refractivity contribution in [1.29, 1.82) is 0 Å². The van der Waals surface area contributed by atoms with Gasteiger partial charge in [0.15, 0.2) is 0 Å². The summed E-state index contributed by atoms with van der Waals surface area (Å²) in [5.41, 5.74) is -1.04. The summed E-state index contributed by atoms with van der Waals surface area (Å²) < 4.78 is 27.6. The first-order chi connectivity index (χ1) is 8.19. The molecule has 0 aromatic carbocycles. The zero-order chi connectivity index (χ0) is 14.0. The third kappa shape index (κ3) is 3.45. The number of carboxylic acids is 1. The molecule has 0 amide bonds. The van der Waals surface area contributed by atoms with Crippen molar-refractivity contribution in [1.82, 2.24) is 9.03 Å². The molecule has 0 aliphatic carbocycles. The van der Waals surface area contributed by atoms with Crippen molar-refractivity contribution in [2.75, 3.05) is 6.54 Å². The smallest absolute Gasteiger partial charge is 0.322 e. The van der Waals surface area contributed by atoms with Gasteiger partial charge in [0.2, 0.25) is 0 Å². The number of nitrogens with zero attached hydrogens (tertiary/aromatic N) is 1. The summed E-state index contributed by atoms with van der Waals surface area (Å²) >= 11 is 0. The van der Waals surface area contributed by atoms with E-state index in [2.05, 4.69) is 10.6 Å². The van der Waals surface area contributed by atoms with Gasteiger partial charge in [-0.05, 0) is 33.1 Å². The predicted molar refractivity (Wildman–Crippen MR) is 66.9 cm³/mol. The average molecular weight is 274 g/mol. The van der Waals surface area contributed by atoms with Crippen LogP contribution in [0.1, 0.15) is 33.1 Å². The molecule has 0 saturated carbocycles. The molecule has 0 radical (unpaired) electrons. The van der Waals surface area contributed by atoms with E-state index in [4.69, 9.17) is 11.5 Å². The molecule has 0 spiro atoms. The number of hydrogen-bond donors (Lipinski definition) is 2. The van der Waals surface area contributed by atoms with Crippen molar-refractivity contribution in [3.8, 4) is 12.3 Å². The molecule has 18 heavy (non-hydrogen) atoms. The molecule has 1 aliphatic heterocycles. The van der Waals surface area contributed by atoms with Gasteiger partial charge in [-0.15, -0.1) is 6.42 Å². The molecule has 1 heterocycles. The van der Waals surface area contributed by atoms with E-state index >= 15 is 0 Å². The number of terminal acetylenes is 1. The molecule has 2 N–H and O–H groups in total. The third-order valence-corrected chi connectivity index (χ3v) is 4.62. The Kier molecular flexibility index (Phi) is 4.37. The Balaban J connectivity index is 2.96. The van der Waals surface area contributed by atoms with E-state index in [9.17, 15) is 13.2 Å². The number of rotatable bonds is 4. The first-order valence-electron chi connectivity index (χ1n) is 5.71. The van der Waals surface area contributed by atoms with Crippen LogP contribution >= 0.6 is 0 Å². The maximum atomic E-state index is 12.1. The summed E-state index contributed by atoms with van der Waals surface area (Å²) in [6.45, 7) is 3.29. The van der Waals surface area contributed by atoms with Crippen molar-refractivity contribution in [2.45, 2.75) is 44.7 Å². The minimum absolute atomic E-state index is 0.201. The fourth-order valence-corrected chi connectivity index (χ4v) is 3.57. The number of hydrogen-bond acceptors (Lipinski definition) is 3. The molecule has 1 saturated heterocycles. The van der Waals surface area contributed by atoms with Gasteiger partial charge in [-0.3, -0.25) is 4.79 Å². The van der Waals surface area contributed by atoms with Gasteiger partial charge < -0.3 is 5.11 Å². The van der Waals surface area contributed by atoms with E-state index in [0.29, 0.717) is 19.3 Å². The van der Waals surface area contributed by atoms with Gasteiger partial charge in [-0.2, -0.15) is 17.4 Å². The molecule has 1 fully saturated rings. The van der Waals surface area contributed by atoms with E-state index < -0.39 is 27.8 Å². The highest BCUT2D eigenvalue weighted by atomic mass is 32.2. The first-order valence-corrected chi connectivity index (χ1v) is 7.15. The summed E-state index contributed by atoms with van der Waals surface area (Å²) in [7, 11) is -3.89. The quantitative estimate of drug-likeness (QED) is 0.716. The van der Waals surface area contributed by atoms with Crippen LogP contribution in [0.4, 0.5) is 0 Å². The molecule has 0 aromatic heterocycles. The fourth-order valence-electron chi connectivity index (χ4n) is 1.85. The van der Waals surface area contributed by atoms with Gasteiger partial charge in [-0.25, -0.2) is 0 Å². The number of carboxylic acid groups (broad SMARTS) is 1. The monoisotopic (exact) mass is 274 g/mol. The number of piperidine rings is 1. The van der Waals surface area contributed by atoms with Crippen LogP contribution in [0.3, 0.4) is 0 Å². The SMILES string of the molecule is C#CC(C)(C)NS(=O)(=O)N1CCCCC1C(=O)O. The zero-order valence-electron chi connectivity index (χ0n) is 10.5. The van der Waals surface area contributed by atoms with Crippen LogP contribution in [0, 0.1) is 12.3 Å². The van der Waals surface area contributed by atoms with Gasteiger partial charge in [0.05, 0.1) is 5.54 Å². The summed E-state index contributed by atoms with van der Waals surface area (Å²) in [6.07, 6.45) is 6.92. The van der Waals surface area contributed by atoms with Gasteiger partial charge >= 0.3 is 5.97 Å². The van der Waals surface area contributed by atoms with Gasteiger partial charge in [-0.1, -0.05) is 5.92 Å². The maximum absolute atomic E-state index is 12.1. The van der Waals surface area contributed by atoms with Crippen LogP contribution in [0.2, 0.25) is 0 Å². The maximum Gasteiger partial charge on any atom is 0.322 e. The lowest BCUT2D eigenvalue weighted by atomic mass is 10.1. The van der Waals surface area contributed by atoms with Crippen LogP contribution in [0.5, 0.6) is 0 Å². The standard InChI is InChI=1S/C11H18N2O4S/c1-4-11(2,3)12-18(16,17)13-8-6-5-7-9(13)10(14)15/h1,9,12H,5-8H2,2-3H3,(H,14,15). The van der Waals surface area contributed by atoms with Crippen molar-refractivity contribution >= 4 is 16.2 Å². The second-order valence-electron chi connectivity index (χ2n) is 4.84. The highest BCUT2D eigenvalue weighted by Crippen LogP contribution is 2.21. The highest BCUT2D eigenvalue weighted by molar-refractivity contribution is 7.87. The molecular formula is C11H18N2O4S. The van der Waals surface area contributed by atoms with E-state index in [0.717, 1.165) is 4.31 Å². The molecular weight excluding hydrogens is 256 g/mol. The molecule has 0 bridgehead atoms. The summed E-state index contributed by atoms with van der Waals surface area (Å²) in [5, 5.41) is 9.05. The molecule has 1 atom stereocenters.